The molecule has 0 atom stereocenters. The average Bonchev–Trinajstić information content (AvgIpc) is 2.87. The van der Waals surface area contributed by atoms with E-state index >= 15 is 0 Å². The molecule has 0 aromatic carbocycles. The van der Waals surface area contributed by atoms with Gasteiger partial charge in [-0.2, -0.15) is 13.2 Å². The van der Waals surface area contributed by atoms with Gasteiger partial charge in [-0.05, 0) is 12.1 Å². The van der Waals surface area contributed by atoms with Crippen LogP contribution in [0.15, 0.2) is 21.3 Å². The van der Waals surface area contributed by atoms with Crippen LogP contribution in [0.5, 0.6) is 0 Å². The zero-order valence-electron chi connectivity index (χ0n) is 12.1. The molecular formula is C11H16ClF3N4O2S2. The number of aliphatic imine (C=N–C) groups is 1. The fourth-order valence-electron chi connectivity index (χ4n) is 1.42. The molecule has 0 fully saturated rings. The van der Waals surface area contributed by atoms with Crippen molar-refractivity contribution in [1.29, 1.82) is 0 Å². The van der Waals surface area contributed by atoms with Gasteiger partial charge in [0.1, 0.15) is 4.21 Å². The molecule has 23 heavy (non-hydrogen) atoms. The zero-order valence-corrected chi connectivity index (χ0v) is 14.5. The molecule has 6 nitrogen and oxygen atoms in total. The molecule has 3 N–H and O–H groups in total. The number of rotatable bonds is 7. The quantitative estimate of drug-likeness (QED) is 0.375. The molecular weight excluding hydrogens is 377 g/mol. The average molecular weight is 393 g/mol. The lowest BCUT2D eigenvalue weighted by molar-refractivity contribution is -0.132. The highest BCUT2D eigenvalue weighted by Gasteiger charge is 2.26. The Morgan fingerprint density at radius 3 is 2.43 bits per heavy atom. The predicted molar refractivity (Wildman–Crippen MR) is 84.6 cm³/mol. The largest absolute Gasteiger partial charge is 0.390 e. The van der Waals surface area contributed by atoms with E-state index < -0.39 is 22.6 Å². The molecule has 0 bridgehead atoms. The second-order valence-electron chi connectivity index (χ2n) is 4.25. The van der Waals surface area contributed by atoms with E-state index in [1.54, 1.807) is 0 Å². The number of nitrogens with zero attached hydrogens (tertiary/aromatic N) is 1. The van der Waals surface area contributed by atoms with Crippen molar-refractivity contribution in [3.05, 3.63) is 16.5 Å². The molecule has 1 heterocycles. The van der Waals surface area contributed by atoms with Crippen LogP contribution >= 0.6 is 22.9 Å². The minimum atomic E-state index is -4.25. The maximum absolute atomic E-state index is 12.0. The van der Waals surface area contributed by atoms with Crippen LogP contribution < -0.4 is 15.4 Å². The number of halogens is 4. The van der Waals surface area contributed by atoms with Crippen molar-refractivity contribution in [3.63, 3.8) is 0 Å². The fraction of sp³-hybridized carbons (Fsp3) is 0.545. The van der Waals surface area contributed by atoms with Crippen LogP contribution in [0, 0.1) is 0 Å². The van der Waals surface area contributed by atoms with E-state index in [1.807, 2.05) is 0 Å². The zero-order chi connectivity index (χ0) is 17.5. The standard InChI is InChI=1S/C11H16ClF3N4O2S2/c1-16-10(17-5-4-11(13,14)15)18-6-7-19-23(20,21)9-3-2-8(12)22-9/h2-3,19H,4-7H2,1H3,(H2,16,17,18). The SMILES string of the molecule is CN=C(NCCNS(=O)(=O)c1ccc(Cl)s1)NCCC(F)(F)F. The molecule has 0 amide bonds. The van der Waals surface area contributed by atoms with Crippen LogP contribution in [0.25, 0.3) is 0 Å². The fourth-order valence-corrected chi connectivity index (χ4v) is 3.98. The Morgan fingerprint density at radius 1 is 1.26 bits per heavy atom. The summed E-state index contributed by atoms with van der Waals surface area (Å²) in [7, 11) is -2.24. The summed E-state index contributed by atoms with van der Waals surface area (Å²) in [5.41, 5.74) is 0. The first kappa shape index (κ1) is 20.0. The van der Waals surface area contributed by atoms with Gasteiger partial charge in [0.2, 0.25) is 10.0 Å². The van der Waals surface area contributed by atoms with Crippen LogP contribution in [0.4, 0.5) is 13.2 Å². The highest BCUT2D eigenvalue weighted by molar-refractivity contribution is 7.91. The molecule has 12 heteroatoms. The number of alkyl halides is 3. The highest BCUT2D eigenvalue weighted by Crippen LogP contribution is 2.25. The second kappa shape index (κ2) is 8.71. The molecule has 0 saturated carbocycles. The molecule has 0 aliphatic heterocycles. The van der Waals surface area contributed by atoms with E-state index in [0.29, 0.717) is 4.34 Å². The first-order chi connectivity index (χ1) is 10.6. The topological polar surface area (TPSA) is 82.6 Å². The Morgan fingerprint density at radius 2 is 1.91 bits per heavy atom. The van der Waals surface area contributed by atoms with Gasteiger partial charge in [-0.3, -0.25) is 4.99 Å². The van der Waals surface area contributed by atoms with Gasteiger partial charge in [-0.1, -0.05) is 11.6 Å². The van der Waals surface area contributed by atoms with Crippen molar-refractivity contribution >= 4 is 38.9 Å². The van der Waals surface area contributed by atoms with Crippen molar-refractivity contribution in [2.24, 2.45) is 4.99 Å². The van der Waals surface area contributed by atoms with E-state index in [0.717, 1.165) is 11.3 Å². The monoisotopic (exact) mass is 392 g/mol. The van der Waals surface area contributed by atoms with Crippen molar-refractivity contribution < 1.29 is 21.6 Å². The summed E-state index contributed by atoms with van der Waals surface area (Å²) in [5, 5.41) is 5.19. The highest BCUT2D eigenvalue weighted by atomic mass is 35.5. The first-order valence-corrected chi connectivity index (χ1v) is 9.08. The lowest BCUT2D eigenvalue weighted by Gasteiger charge is -2.13. The summed E-state index contributed by atoms with van der Waals surface area (Å²) < 4.78 is 62.6. The minimum Gasteiger partial charge on any atom is -0.356 e. The van der Waals surface area contributed by atoms with Gasteiger partial charge in [0, 0.05) is 26.7 Å². The number of hydrogen-bond acceptors (Lipinski definition) is 4. The number of nitrogens with one attached hydrogen (secondary N) is 3. The van der Waals surface area contributed by atoms with Crippen molar-refractivity contribution in [2.75, 3.05) is 26.7 Å². The summed E-state index contributed by atoms with van der Waals surface area (Å²) >= 11 is 6.61. The van der Waals surface area contributed by atoms with Crippen molar-refractivity contribution in [2.45, 2.75) is 16.8 Å². The molecule has 132 valence electrons. The van der Waals surface area contributed by atoms with Gasteiger partial charge < -0.3 is 10.6 Å². The molecule has 0 aliphatic rings. The van der Waals surface area contributed by atoms with Gasteiger partial charge in [-0.25, -0.2) is 13.1 Å². The van der Waals surface area contributed by atoms with Crippen LogP contribution in [0.3, 0.4) is 0 Å². The molecule has 1 aromatic heterocycles. The third kappa shape index (κ3) is 7.86. The molecule has 1 aromatic rings. The van der Waals surface area contributed by atoms with Gasteiger partial charge in [0.25, 0.3) is 0 Å². The summed E-state index contributed by atoms with van der Waals surface area (Å²) in [6.45, 7) is -0.121. The molecule has 0 unspecified atom stereocenters. The Kier molecular flexibility index (Phi) is 7.58. The Hall–Kier alpha value is -1.04. The smallest absolute Gasteiger partial charge is 0.356 e. The Bertz CT molecular complexity index is 631. The molecule has 1 rings (SSSR count). The third-order valence-corrected chi connectivity index (χ3v) is 5.63. The number of hydrogen-bond donors (Lipinski definition) is 3. The van der Waals surface area contributed by atoms with E-state index in [-0.39, 0.29) is 29.8 Å². The minimum absolute atomic E-state index is 0.0395. The van der Waals surface area contributed by atoms with Crippen LogP contribution in [-0.4, -0.2) is 47.2 Å². The van der Waals surface area contributed by atoms with Crippen LogP contribution in [0.1, 0.15) is 6.42 Å². The van der Waals surface area contributed by atoms with Crippen molar-refractivity contribution in [1.82, 2.24) is 15.4 Å². The summed E-state index contributed by atoms with van der Waals surface area (Å²) in [6.07, 6.45) is -5.23. The van der Waals surface area contributed by atoms with Gasteiger partial charge in [0.15, 0.2) is 5.96 Å². The van der Waals surface area contributed by atoms with Crippen molar-refractivity contribution in [3.8, 4) is 0 Å². The molecule has 0 radical (unpaired) electrons. The predicted octanol–water partition coefficient (Wildman–Crippen LogP) is 1.80. The number of sulfonamides is 1. The second-order valence-corrected chi connectivity index (χ2v) is 7.96. The summed E-state index contributed by atoms with van der Waals surface area (Å²) in [4.78, 5) is 3.74. The van der Waals surface area contributed by atoms with Crippen LogP contribution in [0.2, 0.25) is 4.34 Å². The Balaban J connectivity index is 2.32. The number of thiophene rings is 1. The van der Waals surface area contributed by atoms with E-state index in [4.69, 9.17) is 11.6 Å². The lowest BCUT2D eigenvalue weighted by Crippen LogP contribution is -2.42. The van der Waals surface area contributed by atoms with Gasteiger partial charge >= 0.3 is 6.18 Å². The number of guanidine groups is 1. The first-order valence-electron chi connectivity index (χ1n) is 6.40. The van der Waals surface area contributed by atoms with E-state index in [1.165, 1.54) is 19.2 Å². The summed E-state index contributed by atoms with van der Waals surface area (Å²) in [5.74, 6) is 0.160. The van der Waals surface area contributed by atoms with E-state index in [9.17, 15) is 21.6 Å². The Labute approximate surface area is 141 Å². The van der Waals surface area contributed by atoms with Crippen LogP contribution in [-0.2, 0) is 10.0 Å². The molecule has 0 spiro atoms. The van der Waals surface area contributed by atoms with Gasteiger partial charge in [0.05, 0.1) is 10.8 Å². The third-order valence-electron chi connectivity index (χ3n) is 2.45. The lowest BCUT2D eigenvalue weighted by atomic mass is 10.4. The maximum atomic E-state index is 12.0. The molecule has 0 saturated heterocycles. The van der Waals surface area contributed by atoms with E-state index in [2.05, 4.69) is 20.3 Å². The maximum Gasteiger partial charge on any atom is 0.390 e. The summed E-state index contributed by atoms with van der Waals surface area (Å²) in [6, 6.07) is 2.87. The van der Waals surface area contributed by atoms with Gasteiger partial charge in [-0.15, -0.1) is 11.3 Å². The normalized spacial score (nSPS) is 13.2. The molecule has 0 aliphatic carbocycles.